The van der Waals surface area contributed by atoms with E-state index in [-0.39, 0.29) is 11.5 Å². The number of carbonyl (C=O) groups excluding carboxylic acids is 1. The lowest BCUT2D eigenvalue weighted by atomic mass is 10.1. The molecule has 6 nitrogen and oxygen atoms in total. The van der Waals surface area contributed by atoms with Gasteiger partial charge in [-0.15, -0.1) is 0 Å². The highest BCUT2D eigenvalue weighted by atomic mass is 16.1. The third-order valence-corrected chi connectivity index (χ3v) is 4.40. The highest BCUT2D eigenvalue weighted by Crippen LogP contribution is 2.14. The zero-order valence-electron chi connectivity index (χ0n) is 16.1. The topological polar surface area (TPSA) is 78.1 Å². The van der Waals surface area contributed by atoms with Crippen LogP contribution in [0.15, 0.2) is 53.5 Å². The highest BCUT2D eigenvalue weighted by molar-refractivity contribution is 5.94. The number of amides is 1. The van der Waals surface area contributed by atoms with Crippen LogP contribution in [0.2, 0.25) is 0 Å². The van der Waals surface area contributed by atoms with E-state index in [1.54, 1.807) is 12.3 Å². The molecular formula is C22H24N4O2. The van der Waals surface area contributed by atoms with Crippen molar-refractivity contribution in [3.63, 3.8) is 0 Å². The number of hydrogen-bond donors (Lipinski definition) is 2. The zero-order valence-corrected chi connectivity index (χ0v) is 16.1. The number of H-pyrrole nitrogens is 1. The molecule has 0 bridgehead atoms. The Morgan fingerprint density at radius 1 is 1.11 bits per heavy atom. The normalized spacial score (nSPS) is 11.4. The number of aromatic amines is 1. The van der Waals surface area contributed by atoms with Gasteiger partial charge in [0, 0.05) is 17.5 Å². The first-order valence-corrected chi connectivity index (χ1v) is 9.21. The van der Waals surface area contributed by atoms with Crippen molar-refractivity contribution in [1.82, 2.24) is 20.4 Å². The Hall–Kier alpha value is -3.25. The van der Waals surface area contributed by atoms with Crippen molar-refractivity contribution >= 4 is 28.8 Å². The van der Waals surface area contributed by atoms with E-state index in [9.17, 15) is 9.59 Å². The summed E-state index contributed by atoms with van der Waals surface area (Å²) in [6.07, 6.45) is 6.50. The van der Waals surface area contributed by atoms with Gasteiger partial charge >= 0.3 is 0 Å². The number of hydrogen-bond acceptors (Lipinski definition) is 4. The van der Waals surface area contributed by atoms with E-state index in [2.05, 4.69) is 20.4 Å². The molecule has 0 aliphatic rings. The molecule has 0 spiro atoms. The summed E-state index contributed by atoms with van der Waals surface area (Å²) in [4.78, 5) is 25.9. The molecule has 0 aliphatic carbocycles. The van der Waals surface area contributed by atoms with E-state index in [0.717, 1.165) is 29.5 Å². The largest absolute Gasteiger partial charge is 0.352 e. The smallest absolute Gasteiger partial charge is 0.272 e. The molecule has 28 heavy (non-hydrogen) atoms. The van der Waals surface area contributed by atoms with Gasteiger partial charge in [0.2, 0.25) is 0 Å². The zero-order chi connectivity index (χ0) is 19.9. The van der Waals surface area contributed by atoms with Crippen molar-refractivity contribution in [2.75, 3.05) is 27.2 Å². The first kappa shape index (κ1) is 19.5. The van der Waals surface area contributed by atoms with Crippen LogP contribution in [-0.2, 0) is 0 Å². The molecule has 0 aliphatic heterocycles. The van der Waals surface area contributed by atoms with Gasteiger partial charge in [0.15, 0.2) is 0 Å². The van der Waals surface area contributed by atoms with Gasteiger partial charge in [0.25, 0.3) is 11.5 Å². The molecular weight excluding hydrogens is 352 g/mol. The molecule has 2 aromatic carbocycles. The number of fused-ring (bicyclic) bond motifs is 1. The molecule has 3 aromatic rings. The molecule has 6 heteroatoms. The van der Waals surface area contributed by atoms with E-state index >= 15 is 0 Å². The average molecular weight is 376 g/mol. The van der Waals surface area contributed by atoms with Crippen LogP contribution >= 0.6 is 0 Å². The Labute approximate surface area is 163 Å². The standard InChI is InChI=1S/C22H24N4O2/c1-26(2)13-3-12-23-21(27)18-9-6-16(7-10-18)4-5-17-8-11-20-19(14-17)15-24-25-22(20)28/h4-11,14-15H,3,12-13H2,1-2H3,(H,23,27)(H,25,28)/b5-4+. The number of nitrogens with one attached hydrogen (secondary N) is 2. The van der Waals surface area contributed by atoms with Crippen molar-refractivity contribution < 1.29 is 4.79 Å². The van der Waals surface area contributed by atoms with Crippen LogP contribution in [0.1, 0.15) is 27.9 Å². The second-order valence-electron chi connectivity index (χ2n) is 6.91. The summed E-state index contributed by atoms with van der Waals surface area (Å²) < 4.78 is 0. The fraction of sp³-hybridized carbons (Fsp3) is 0.227. The van der Waals surface area contributed by atoms with Crippen LogP contribution in [0, 0.1) is 0 Å². The molecule has 0 unspecified atom stereocenters. The first-order chi connectivity index (χ1) is 13.5. The monoisotopic (exact) mass is 376 g/mol. The highest BCUT2D eigenvalue weighted by Gasteiger charge is 2.04. The molecule has 0 radical (unpaired) electrons. The van der Waals surface area contributed by atoms with Crippen molar-refractivity contribution in [1.29, 1.82) is 0 Å². The fourth-order valence-corrected chi connectivity index (χ4v) is 2.86. The Balaban J connectivity index is 1.62. The predicted octanol–water partition coefficient (Wildman–Crippen LogP) is 2.78. The number of carbonyl (C=O) groups is 1. The maximum atomic E-state index is 12.2. The number of aromatic nitrogens is 2. The van der Waals surface area contributed by atoms with Gasteiger partial charge in [0.1, 0.15) is 0 Å². The van der Waals surface area contributed by atoms with Crippen LogP contribution in [0.4, 0.5) is 0 Å². The lowest BCUT2D eigenvalue weighted by Gasteiger charge is -2.10. The SMILES string of the molecule is CN(C)CCCNC(=O)c1ccc(/C=C/c2ccc3c(=O)[nH]ncc3c2)cc1. The Kier molecular flexibility index (Phi) is 6.34. The Morgan fingerprint density at radius 2 is 1.82 bits per heavy atom. The van der Waals surface area contributed by atoms with Crippen LogP contribution in [-0.4, -0.2) is 48.2 Å². The molecule has 1 aromatic heterocycles. The number of benzene rings is 2. The van der Waals surface area contributed by atoms with Gasteiger partial charge in [0.05, 0.1) is 11.6 Å². The van der Waals surface area contributed by atoms with E-state index in [1.807, 2.05) is 62.6 Å². The van der Waals surface area contributed by atoms with Crippen molar-refractivity contribution in [3.8, 4) is 0 Å². The summed E-state index contributed by atoms with van der Waals surface area (Å²) in [5, 5.41) is 10.6. The summed E-state index contributed by atoms with van der Waals surface area (Å²) >= 11 is 0. The molecule has 0 saturated carbocycles. The van der Waals surface area contributed by atoms with Crippen molar-refractivity contribution in [2.45, 2.75) is 6.42 Å². The number of nitrogens with zero attached hydrogens (tertiary/aromatic N) is 2. The average Bonchev–Trinajstić information content (AvgIpc) is 2.70. The third kappa shape index (κ3) is 5.14. The third-order valence-electron chi connectivity index (χ3n) is 4.40. The van der Waals surface area contributed by atoms with Crippen LogP contribution in [0.5, 0.6) is 0 Å². The van der Waals surface area contributed by atoms with Gasteiger partial charge in [-0.05, 0) is 62.5 Å². The second kappa shape index (κ2) is 9.10. The maximum absolute atomic E-state index is 12.2. The molecule has 3 rings (SSSR count). The van der Waals surface area contributed by atoms with E-state index in [0.29, 0.717) is 17.5 Å². The van der Waals surface area contributed by atoms with Crippen LogP contribution < -0.4 is 10.9 Å². The molecule has 1 amide bonds. The van der Waals surface area contributed by atoms with Crippen molar-refractivity contribution in [2.24, 2.45) is 0 Å². The van der Waals surface area contributed by atoms with Gasteiger partial charge in [-0.2, -0.15) is 5.10 Å². The number of rotatable bonds is 7. The van der Waals surface area contributed by atoms with Gasteiger partial charge in [-0.3, -0.25) is 9.59 Å². The van der Waals surface area contributed by atoms with Gasteiger partial charge < -0.3 is 10.2 Å². The molecule has 0 atom stereocenters. The predicted molar refractivity (Wildman–Crippen MR) is 113 cm³/mol. The minimum absolute atomic E-state index is 0.0541. The van der Waals surface area contributed by atoms with E-state index in [1.165, 1.54) is 0 Å². The van der Waals surface area contributed by atoms with Crippen molar-refractivity contribution in [3.05, 3.63) is 75.7 Å². The van der Waals surface area contributed by atoms with E-state index in [4.69, 9.17) is 0 Å². The van der Waals surface area contributed by atoms with Gasteiger partial charge in [-0.25, -0.2) is 5.10 Å². The molecule has 1 heterocycles. The summed E-state index contributed by atoms with van der Waals surface area (Å²) in [5.41, 5.74) is 2.43. The molecule has 0 saturated heterocycles. The second-order valence-corrected chi connectivity index (χ2v) is 6.91. The molecule has 0 fully saturated rings. The quantitative estimate of drug-likeness (QED) is 0.491. The maximum Gasteiger partial charge on any atom is 0.272 e. The van der Waals surface area contributed by atoms with Gasteiger partial charge in [-0.1, -0.05) is 30.4 Å². The summed E-state index contributed by atoms with van der Waals surface area (Å²) in [7, 11) is 4.03. The lowest BCUT2D eigenvalue weighted by Crippen LogP contribution is -2.27. The Bertz CT molecular complexity index is 1040. The van der Waals surface area contributed by atoms with E-state index < -0.39 is 0 Å². The fourth-order valence-electron chi connectivity index (χ4n) is 2.86. The minimum atomic E-state index is -0.191. The lowest BCUT2D eigenvalue weighted by molar-refractivity contribution is 0.0952. The van der Waals surface area contributed by atoms with Crippen LogP contribution in [0.3, 0.4) is 0 Å². The molecule has 144 valence electrons. The molecule has 2 N–H and O–H groups in total. The first-order valence-electron chi connectivity index (χ1n) is 9.21. The van der Waals surface area contributed by atoms with Crippen LogP contribution in [0.25, 0.3) is 22.9 Å². The summed E-state index contributed by atoms with van der Waals surface area (Å²) in [5.74, 6) is -0.0541. The summed E-state index contributed by atoms with van der Waals surface area (Å²) in [6, 6.07) is 13.1. The Morgan fingerprint density at radius 3 is 2.57 bits per heavy atom. The summed E-state index contributed by atoms with van der Waals surface area (Å²) in [6.45, 7) is 1.61. The minimum Gasteiger partial charge on any atom is -0.352 e.